The van der Waals surface area contributed by atoms with Crippen LogP contribution in [0.25, 0.3) is 0 Å². The summed E-state index contributed by atoms with van der Waals surface area (Å²) < 4.78 is 37.0. The molecule has 0 unspecified atom stereocenters. The van der Waals surface area contributed by atoms with Crippen LogP contribution in [0.2, 0.25) is 0 Å². The summed E-state index contributed by atoms with van der Waals surface area (Å²) in [5.74, 6) is -0.448. The third-order valence-electron chi connectivity index (χ3n) is 3.39. The fourth-order valence-electron chi connectivity index (χ4n) is 1.92. The molecule has 0 aliphatic rings. The van der Waals surface area contributed by atoms with Crippen molar-refractivity contribution < 1.29 is 38.0 Å². The quantitative estimate of drug-likeness (QED) is 0.145. The average molecular weight is 407 g/mol. The van der Waals surface area contributed by atoms with E-state index in [1.54, 1.807) is 0 Å². The van der Waals surface area contributed by atoms with Gasteiger partial charge in [0.15, 0.2) is 0 Å². The van der Waals surface area contributed by atoms with Crippen LogP contribution in [-0.4, -0.2) is 91.9 Å². The molecule has 0 N–H and O–H groups in total. The van der Waals surface area contributed by atoms with Crippen LogP contribution in [0.3, 0.4) is 0 Å². The van der Waals surface area contributed by atoms with Crippen molar-refractivity contribution in [3.05, 3.63) is 12.7 Å². The van der Waals surface area contributed by atoms with Crippen LogP contribution >= 0.6 is 0 Å². The third kappa shape index (κ3) is 23.0. The number of ether oxygens (including phenoxy) is 7. The van der Waals surface area contributed by atoms with E-state index in [1.165, 1.54) is 12.8 Å². The van der Waals surface area contributed by atoms with Crippen molar-refractivity contribution in [3.63, 3.8) is 0 Å². The Morgan fingerprint density at radius 2 is 0.964 bits per heavy atom. The summed E-state index contributed by atoms with van der Waals surface area (Å²) in [7, 11) is 0. The van der Waals surface area contributed by atoms with Crippen LogP contribution in [0, 0.1) is 0 Å². The van der Waals surface area contributed by atoms with Crippen LogP contribution < -0.4 is 0 Å². The van der Waals surface area contributed by atoms with Crippen LogP contribution in [-0.2, 0) is 38.0 Å². The van der Waals surface area contributed by atoms with Crippen molar-refractivity contribution in [1.82, 2.24) is 0 Å². The molecule has 0 saturated heterocycles. The van der Waals surface area contributed by atoms with E-state index in [0.717, 1.165) is 19.1 Å². The molecule has 0 atom stereocenters. The van der Waals surface area contributed by atoms with E-state index in [9.17, 15) is 4.79 Å². The molecule has 166 valence electrons. The number of carbonyl (C=O) groups is 1. The summed E-state index contributed by atoms with van der Waals surface area (Å²) in [5, 5.41) is 0. The smallest absolute Gasteiger partial charge is 0.330 e. The molecule has 0 aromatic rings. The average Bonchev–Trinajstić information content (AvgIpc) is 2.71. The minimum atomic E-state index is -0.448. The molecule has 8 nitrogen and oxygen atoms in total. The van der Waals surface area contributed by atoms with Crippen molar-refractivity contribution in [3.8, 4) is 0 Å². The first kappa shape index (κ1) is 27.0. The molecular formula is C20H38O8. The molecule has 0 amide bonds. The largest absolute Gasteiger partial charge is 0.460 e. The maximum absolute atomic E-state index is 10.8. The summed E-state index contributed by atoms with van der Waals surface area (Å²) in [6.45, 7) is 12.2. The molecular weight excluding hydrogens is 368 g/mol. The highest BCUT2D eigenvalue weighted by molar-refractivity contribution is 5.81. The molecule has 28 heavy (non-hydrogen) atoms. The minimum Gasteiger partial charge on any atom is -0.460 e. The highest BCUT2D eigenvalue weighted by Gasteiger charge is 1.96. The van der Waals surface area contributed by atoms with Gasteiger partial charge in [-0.3, -0.25) is 0 Å². The second-order valence-electron chi connectivity index (χ2n) is 5.75. The fourth-order valence-corrected chi connectivity index (χ4v) is 1.92. The molecule has 0 fully saturated rings. The van der Waals surface area contributed by atoms with Gasteiger partial charge < -0.3 is 33.2 Å². The van der Waals surface area contributed by atoms with E-state index < -0.39 is 5.97 Å². The molecule has 0 saturated carbocycles. The first-order valence-electron chi connectivity index (χ1n) is 10.1. The lowest BCUT2D eigenvalue weighted by Gasteiger charge is -2.08. The first-order valence-corrected chi connectivity index (χ1v) is 10.1. The molecule has 0 aromatic carbocycles. The van der Waals surface area contributed by atoms with E-state index >= 15 is 0 Å². The summed E-state index contributed by atoms with van der Waals surface area (Å²) in [5.41, 5.74) is 0. The van der Waals surface area contributed by atoms with E-state index in [4.69, 9.17) is 33.2 Å². The molecule has 0 heterocycles. The molecule has 0 bridgehead atoms. The molecule has 0 spiro atoms. The van der Waals surface area contributed by atoms with Gasteiger partial charge in [0, 0.05) is 12.7 Å². The molecule has 8 heteroatoms. The fraction of sp³-hybridized carbons (Fsp3) is 0.850. The number of esters is 1. The first-order chi connectivity index (χ1) is 13.8. The second-order valence-corrected chi connectivity index (χ2v) is 5.75. The monoisotopic (exact) mass is 406 g/mol. The predicted octanol–water partition coefficient (Wildman–Crippen LogP) is 2.01. The van der Waals surface area contributed by atoms with E-state index in [1.807, 2.05) is 0 Å². The Labute approximate surface area is 169 Å². The second kappa shape index (κ2) is 24.0. The van der Waals surface area contributed by atoms with Crippen molar-refractivity contribution in [2.24, 2.45) is 0 Å². The van der Waals surface area contributed by atoms with Gasteiger partial charge in [-0.2, -0.15) is 0 Å². The van der Waals surface area contributed by atoms with Crippen LogP contribution in [0.1, 0.15) is 26.2 Å². The zero-order chi connectivity index (χ0) is 20.5. The summed E-state index contributed by atoms with van der Waals surface area (Å²) in [6, 6.07) is 0. The van der Waals surface area contributed by atoms with Crippen molar-refractivity contribution in [1.29, 1.82) is 0 Å². The molecule has 0 aliphatic heterocycles. The number of carbonyl (C=O) groups excluding carboxylic acids is 1. The highest BCUT2D eigenvalue weighted by Crippen LogP contribution is 1.93. The number of hydrogen-bond donors (Lipinski definition) is 0. The molecule has 0 rings (SSSR count). The van der Waals surface area contributed by atoms with Crippen molar-refractivity contribution >= 4 is 5.97 Å². The zero-order valence-electron chi connectivity index (χ0n) is 17.4. The Kier molecular flexibility index (Phi) is 23.1. The maximum atomic E-state index is 10.8. The predicted molar refractivity (Wildman–Crippen MR) is 106 cm³/mol. The Bertz CT molecular complexity index is 338. The van der Waals surface area contributed by atoms with Crippen LogP contribution in [0.4, 0.5) is 0 Å². The van der Waals surface area contributed by atoms with E-state index in [-0.39, 0.29) is 6.61 Å². The normalized spacial score (nSPS) is 10.9. The lowest BCUT2D eigenvalue weighted by Crippen LogP contribution is -2.15. The Balaban J connectivity index is 3.01. The standard InChI is InChI=1S/C20H38O8/c1-3-5-6-7-22-8-9-23-10-11-24-12-13-25-14-15-26-16-17-27-18-19-28-20(21)4-2/h4H,2-3,5-19H2,1H3. The number of hydrogen-bond acceptors (Lipinski definition) is 8. The zero-order valence-corrected chi connectivity index (χ0v) is 17.4. The summed E-state index contributed by atoms with van der Waals surface area (Å²) >= 11 is 0. The summed E-state index contributed by atoms with van der Waals surface area (Å²) in [6.07, 6.45) is 4.66. The van der Waals surface area contributed by atoms with Crippen LogP contribution in [0.5, 0.6) is 0 Å². The van der Waals surface area contributed by atoms with Gasteiger partial charge in [0.2, 0.25) is 0 Å². The lowest BCUT2D eigenvalue weighted by molar-refractivity contribution is -0.139. The topological polar surface area (TPSA) is 81.7 Å². The van der Waals surface area contributed by atoms with Crippen molar-refractivity contribution in [2.75, 3.05) is 85.9 Å². The molecule has 0 aromatic heterocycles. The Morgan fingerprint density at radius 1 is 0.607 bits per heavy atom. The van der Waals surface area contributed by atoms with Gasteiger partial charge in [0.1, 0.15) is 6.61 Å². The number of rotatable bonds is 23. The molecule has 0 aliphatic carbocycles. The van der Waals surface area contributed by atoms with Gasteiger partial charge in [-0.25, -0.2) is 4.79 Å². The van der Waals surface area contributed by atoms with Crippen LogP contribution in [0.15, 0.2) is 12.7 Å². The molecule has 0 radical (unpaired) electrons. The van der Waals surface area contributed by atoms with E-state index in [2.05, 4.69) is 13.5 Å². The van der Waals surface area contributed by atoms with Gasteiger partial charge in [-0.15, -0.1) is 0 Å². The van der Waals surface area contributed by atoms with Crippen molar-refractivity contribution in [2.45, 2.75) is 26.2 Å². The highest BCUT2D eigenvalue weighted by atomic mass is 16.6. The third-order valence-corrected chi connectivity index (χ3v) is 3.39. The lowest BCUT2D eigenvalue weighted by atomic mass is 10.3. The maximum Gasteiger partial charge on any atom is 0.330 e. The van der Waals surface area contributed by atoms with Gasteiger partial charge in [0.05, 0.1) is 72.7 Å². The van der Waals surface area contributed by atoms with E-state index in [0.29, 0.717) is 72.7 Å². The summed E-state index contributed by atoms with van der Waals surface area (Å²) in [4.78, 5) is 10.8. The number of unbranched alkanes of at least 4 members (excludes halogenated alkanes) is 2. The van der Waals surface area contributed by atoms with Gasteiger partial charge in [0.25, 0.3) is 0 Å². The SMILES string of the molecule is C=CC(=O)OCCOCCOCCOCCOCCOCCOCCCCC. The Hall–Kier alpha value is -1.03. The Morgan fingerprint density at radius 3 is 1.32 bits per heavy atom. The van der Waals surface area contributed by atoms with Gasteiger partial charge in [-0.05, 0) is 6.42 Å². The van der Waals surface area contributed by atoms with Gasteiger partial charge in [-0.1, -0.05) is 26.3 Å². The minimum absolute atomic E-state index is 0.214. The van der Waals surface area contributed by atoms with Gasteiger partial charge >= 0.3 is 5.97 Å².